The summed E-state index contributed by atoms with van der Waals surface area (Å²) in [5.41, 5.74) is 0.137. The van der Waals surface area contributed by atoms with Gasteiger partial charge in [0.15, 0.2) is 0 Å². The third-order valence-electron chi connectivity index (χ3n) is 3.73. The third-order valence-corrected chi connectivity index (χ3v) is 3.73. The van der Waals surface area contributed by atoms with E-state index in [1.54, 1.807) is 32.0 Å². The van der Waals surface area contributed by atoms with Gasteiger partial charge in [-0.3, -0.25) is 19.6 Å². The highest BCUT2D eigenvalue weighted by Gasteiger charge is 2.27. The SMILES string of the molecule is CCn1cc([N+](=O)[O-])c(C(=O)NC(C)c2cc(OC)ccc2OC)n1. The molecule has 0 aliphatic carbocycles. The van der Waals surface area contributed by atoms with Crippen LogP contribution in [0.2, 0.25) is 0 Å². The summed E-state index contributed by atoms with van der Waals surface area (Å²) in [5.74, 6) is 0.552. The maximum Gasteiger partial charge on any atom is 0.320 e. The van der Waals surface area contributed by atoms with Gasteiger partial charge in [0.05, 0.1) is 25.2 Å². The molecule has 1 heterocycles. The summed E-state index contributed by atoms with van der Waals surface area (Å²) >= 11 is 0. The first kappa shape index (κ1) is 18.2. The number of rotatable bonds is 7. The minimum absolute atomic E-state index is 0.222. The lowest BCUT2D eigenvalue weighted by atomic mass is 10.1. The maximum absolute atomic E-state index is 12.5. The summed E-state index contributed by atoms with van der Waals surface area (Å²) in [6, 6.07) is 4.74. The van der Waals surface area contributed by atoms with Gasteiger partial charge in [-0.05, 0) is 32.0 Å². The molecule has 0 aliphatic rings. The van der Waals surface area contributed by atoms with E-state index < -0.39 is 16.9 Å². The van der Waals surface area contributed by atoms with Crippen LogP contribution in [0, 0.1) is 10.1 Å². The number of aromatic nitrogens is 2. The van der Waals surface area contributed by atoms with Crippen LogP contribution >= 0.6 is 0 Å². The van der Waals surface area contributed by atoms with Gasteiger partial charge >= 0.3 is 5.69 Å². The second-order valence-electron chi connectivity index (χ2n) is 5.28. The van der Waals surface area contributed by atoms with Crippen LogP contribution in [0.5, 0.6) is 11.5 Å². The van der Waals surface area contributed by atoms with Crippen molar-refractivity contribution in [2.45, 2.75) is 26.4 Å². The molecular formula is C16H20N4O5. The second-order valence-corrected chi connectivity index (χ2v) is 5.28. The predicted octanol–water partition coefficient (Wildman–Crippen LogP) is 2.32. The van der Waals surface area contributed by atoms with Gasteiger partial charge < -0.3 is 14.8 Å². The van der Waals surface area contributed by atoms with E-state index in [0.717, 1.165) is 0 Å². The van der Waals surface area contributed by atoms with Crippen LogP contribution in [0.25, 0.3) is 0 Å². The topological polar surface area (TPSA) is 109 Å². The number of methoxy groups -OCH3 is 2. The van der Waals surface area contributed by atoms with Gasteiger partial charge in [0.2, 0.25) is 5.69 Å². The molecule has 25 heavy (non-hydrogen) atoms. The number of aryl methyl sites for hydroxylation is 1. The van der Waals surface area contributed by atoms with Crippen molar-refractivity contribution < 1.29 is 19.2 Å². The molecule has 134 valence electrons. The molecule has 2 aromatic rings. The summed E-state index contributed by atoms with van der Waals surface area (Å²) < 4.78 is 11.8. The number of nitro groups is 1. The average molecular weight is 348 g/mol. The normalized spacial score (nSPS) is 11.7. The van der Waals surface area contributed by atoms with Crippen molar-refractivity contribution in [2.24, 2.45) is 0 Å². The molecule has 0 spiro atoms. The Morgan fingerprint density at radius 1 is 1.40 bits per heavy atom. The first-order valence-corrected chi connectivity index (χ1v) is 7.65. The average Bonchev–Trinajstić information content (AvgIpc) is 3.06. The monoisotopic (exact) mass is 348 g/mol. The molecule has 1 unspecified atom stereocenters. The molecule has 9 nitrogen and oxygen atoms in total. The Morgan fingerprint density at radius 2 is 2.12 bits per heavy atom. The fourth-order valence-corrected chi connectivity index (χ4v) is 2.39. The number of hydrogen-bond acceptors (Lipinski definition) is 6. The molecule has 0 fully saturated rings. The lowest BCUT2D eigenvalue weighted by molar-refractivity contribution is -0.385. The molecule has 1 atom stereocenters. The fraction of sp³-hybridized carbons (Fsp3) is 0.375. The van der Waals surface area contributed by atoms with E-state index >= 15 is 0 Å². The number of ether oxygens (including phenoxy) is 2. The van der Waals surface area contributed by atoms with E-state index in [-0.39, 0.29) is 11.4 Å². The molecule has 1 aromatic heterocycles. The first-order valence-electron chi connectivity index (χ1n) is 7.65. The van der Waals surface area contributed by atoms with Crippen LogP contribution in [-0.2, 0) is 6.54 Å². The Hall–Kier alpha value is -3.10. The zero-order valence-corrected chi connectivity index (χ0v) is 14.5. The minimum atomic E-state index is -0.628. The number of hydrogen-bond donors (Lipinski definition) is 1. The van der Waals surface area contributed by atoms with Crippen LogP contribution in [0.3, 0.4) is 0 Å². The van der Waals surface area contributed by atoms with E-state index in [9.17, 15) is 14.9 Å². The smallest absolute Gasteiger partial charge is 0.320 e. The Balaban J connectivity index is 2.29. The number of nitrogens with one attached hydrogen (secondary N) is 1. The van der Waals surface area contributed by atoms with Gasteiger partial charge in [0.25, 0.3) is 5.91 Å². The largest absolute Gasteiger partial charge is 0.497 e. The van der Waals surface area contributed by atoms with Crippen molar-refractivity contribution in [3.8, 4) is 11.5 Å². The summed E-state index contributed by atoms with van der Waals surface area (Å²) in [5, 5.41) is 17.8. The summed E-state index contributed by atoms with van der Waals surface area (Å²) in [6.45, 7) is 3.95. The number of benzene rings is 1. The van der Waals surface area contributed by atoms with Crippen molar-refractivity contribution in [3.05, 3.63) is 45.8 Å². The highest BCUT2D eigenvalue weighted by molar-refractivity contribution is 5.96. The van der Waals surface area contributed by atoms with Gasteiger partial charge in [0, 0.05) is 12.1 Å². The Morgan fingerprint density at radius 3 is 2.68 bits per heavy atom. The van der Waals surface area contributed by atoms with Gasteiger partial charge in [-0.15, -0.1) is 0 Å². The molecule has 1 amide bonds. The lowest BCUT2D eigenvalue weighted by Crippen LogP contribution is -2.28. The fourth-order valence-electron chi connectivity index (χ4n) is 2.39. The zero-order chi connectivity index (χ0) is 18.6. The van der Waals surface area contributed by atoms with Gasteiger partial charge in [-0.25, -0.2) is 0 Å². The molecule has 0 saturated heterocycles. The number of amides is 1. The van der Waals surface area contributed by atoms with Crippen molar-refractivity contribution in [1.29, 1.82) is 0 Å². The Labute approximate surface area is 144 Å². The van der Waals surface area contributed by atoms with E-state index in [1.165, 1.54) is 25.1 Å². The maximum atomic E-state index is 12.5. The molecular weight excluding hydrogens is 328 g/mol. The van der Waals surface area contributed by atoms with E-state index in [2.05, 4.69) is 10.4 Å². The van der Waals surface area contributed by atoms with Crippen LogP contribution < -0.4 is 14.8 Å². The molecule has 9 heteroatoms. The Bertz CT molecular complexity index is 787. The molecule has 1 N–H and O–H groups in total. The molecule has 0 radical (unpaired) electrons. The van der Waals surface area contributed by atoms with Gasteiger partial charge in [-0.2, -0.15) is 5.10 Å². The van der Waals surface area contributed by atoms with Crippen LogP contribution in [-0.4, -0.2) is 34.8 Å². The van der Waals surface area contributed by atoms with E-state index in [0.29, 0.717) is 23.6 Å². The molecule has 2 rings (SSSR count). The number of carbonyl (C=O) groups is 1. The van der Waals surface area contributed by atoms with Crippen molar-refractivity contribution in [2.75, 3.05) is 14.2 Å². The molecule has 0 aliphatic heterocycles. The van der Waals surface area contributed by atoms with Gasteiger partial charge in [-0.1, -0.05) is 0 Å². The summed E-state index contributed by atoms with van der Waals surface area (Å²) in [6.07, 6.45) is 1.24. The first-order chi connectivity index (χ1) is 11.9. The highest BCUT2D eigenvalue weighted by atomic mass is 16.6. The van der Waals surface area contributed by atoms with Crippen molar-refractivity contribution >= 4 is 11.6 Å². The highest BCUT2D eigenvalue weighted by Crippen LogP contribution is 2.29. The van der Waals surface area contributed by atoms with Crippen molar-refractivity contribution in [1.82, 2.24) is 15.1 Å². The second kappa shape index (κ2) is 7.65. The van der Waals surface area contributed by atoms with E-state index in [1.807, 2.05) is 0 Å². The molecule has 0 bridgehead atoms. The van der Waals surface area contributed by atoms with Gasteiger partial charge in [0.1, 0.15) is 17.7 Å². The van der Waals surface area contributed by atoms with Crippen LogP contribution in [0.1, 0.15) is 35.9 Å². The summed E-state index contributed by atoms with van der Waals surface area (Å²) in [7, 11) is 3.06. The minimum Gasteiger partial charge on any atom is -0.497 e. The number of nitrogens with zero attached hydrogens (tertiary/aromatic N) is 3. The molecule has 0 saturated carbocycles. The van der Waals surface area contributed by atoms with Crippen LogP contribution in [0.15, 0.2) is 24.4 Å². The molecule has 1 aromatic carbocycles. The quantitative estimate of drug-likeness (QED) is 0.607. The Kier molecular flexibility index (Phi) is 5.58. The summed E-state index contributed by atoms with van der Waals surface area (Å²) in [4.78, 5) is 23.0. The van der Waals surface area contributed by atoms with E-state index in [4.69, 9.17) is 9.47 Å². The predicted molar refractivity (Wildman–Crippen MR) is 90.0 cm³/mol. The standard InChI is InChI=1S/C16H20N4O5/c1-5-19-9-13(20(22)23)15(18-19)16(21)17-10(2)12-8-11(24-3)6-7-14(12)25-4/h6-10H,5H2,1-4H3,(H,17,21). The zero-order valence-electron chi connectivity index (χ0n) is 14.5. The third kappa shape index (κ3) is 3.87. The van der Waals surface area contributed by atoms with Crippen LogP contribution in [0.4, 0.5) is 5.69 Å². The number of carbonyl (C=O) groups excluding carboxylic acids is 1. The lowest BCUT2D eigenvalue weighted by Gasteiger charge is -2.17. The van der Waals surface area contributed by atoms with Crippen molar-refractivity contribution in [3.63, 3.8) is 0 Å².